The Hall–Kier alpha value is -3.35. The minimum atomic E-state index is -0.793. The van der Waals surface area contributed by atoms with E-state index in [4.69, 9.17) is 4.74 Å². The van der Waals surface area contributed by atoms with Crippen molar-refractivity contribution in [3.8, 4) is 0 Å². The van der Waals surface area contributed by atoms with Gasteiger partial charge in [0.1, 0.15) is 6.04 Å². The molecule has 1 unspecified atom stereocenters. The maximum absolute atomic E-state index is 13.2. The number of ether oxygens (including phenoxy) is 1. The minimum absolute atomic E-state index is 0.191. The number of benzene rings is 2. The first kappa shape index (κ1) is 20.4. The second-order valence-corrected chi connectivity index (χ2v) is 6.69. The van der Waals surface area contributed by atoms with Gasteiger partial charge >= 0.3 is 6.09 Å². The van der Waals surface area contributed by atoms with Crippen molar-refractivity contribution in [2.45, 2.75) is 13.0 Å². The molecule has 3 rings (SSSR count). The molecular weight excluding hydrogens is 370 g/mol. The van der Waals surface area contributed by atoms with E-state index in [2.05, 4.69) is 5.32 Å². The molecule has 3 amide bonds. The highest BCUT2D eigenvalue weighted by atomic mass is 16.6. The fourth-order valence-electron chi connectivity index (χ4n) is 3.24. The lowest BCUT2D eigenvalue weighted by Gasteiger charge is -2.36. The Kier molecular flexibility index (Phi) is 6.84. The van der Waals surface area contributed by atoms with Gasteiger partial charge in [-0.3, -0.25) is 9.59 Å². The van der Waals surface area contributed by atoms with Crippen molar-refractivity contribution in [2.24, 2.45) is 0 Å². The van der Waals surface area contributed by atoms with Gasteiger partial charge in [-0.1, -0.05) is 48.5 Å². The van der Waals surface area contributed by atoms with E-state index in [-0.39, 0.29) is 17.9 Å². The van der Waals surface area contributed by atoms with E-state index >= 15 is 0 Å². The Bertz CT molecular complexity index is 834. The molecule has 2 aromatic rings. The largest absolute Gasteiger partial charge is 0.450 e. The quantitative estimate of drug-likeness (QED) is 0.844. The summed E-state index contributed by atoms with van der Waals surface area (Å²) in [6.45, 7) is 3.67. The molecule has 152 valence electrons. The van der Waals surface area contributed by atoms with Crippen molar-refractivity contribution in [3.63, 3.8) is 0 Å². The van der Waals surface area contributed by atoms with Gasteiger partial charge in [-0.25, -0.2) is 4.79 Å². The first-order valence-electron chi connectivity index (χ1n) is 9.71. The van der Waals surface area contributed by atoms with Gasteiger partial charge in [0.15, 0.2) is 0 Å². The van der Waals surface area contributed by atoms with Crippen LogP contribution in [0.1, 0.15) is 28.9 Å². The van der Waals surface area contributed by atoms with Crippen molar-refractivity contribution in [1.29, 1.82) is 0 Å². The van der Waals surface area contributed by atoms with Crippen LogP contribution in [0.5, 0.6) is 0 Å². The molecule has 0 aliphatic carbocycles. The van der Waals surface area contributed by atoms with Gasteiger partial charge in [-0.15, -0.1) is 0 Å². The summed E-state index contributed by atoms with van der Waals surface area (Å²) >= 11 is 0. The molecular formula is C22H25N3O4. The first-order chi connectivity index (χ1) is 14.1. The highest BCUT2D eigenvalue weighted by molar-refractivity contribution is 5.97. The second kappa shape index (κ2) is 9.73. The van der Waals surface area contributed by atoms with Crippen molar-refractivity contribution >= 4 is 17.9 Å². The van der Waals surface area contributed by atoms with E-state index in [1.54, 1.807) is 41.0 Å². The van der Waals surface area contributed by atoms with Crippen LogP contribution in [0.25, 0.3) is 0 Å². The zero-order valence-corrected chi connectivity index (χ0v) is 16.4. The smallest absolute Gasteiger partial charge is 0.409 e. The number of nitrogens with zero attached hydrogens (tertiary/aromatic N) is 2. The monoisotopic (exact) mass is 395 g/mol. The van der Waals surface area contributed by atoms with Crippen molar-refractivity contribution in [2.75, 3.05) is 32.8 Å². The Morgan fingerprint density at radius 2 is 1.45 bits per heavy atom. The number of carbonyl (C=O) groups excluding carboxylic acids is 3. The van der Waals surface area contributed by atoms with Gasteiger partial charge in [0.05, 0.1) is 6.61 Å². The molecule has 0 aromatic heterocycles. The SMILES string of the molecule is CCOC(=O)N1CCN(C(=O)C(NC(=O)c2ccccc2)c2ccccc2)CC1. The van der Waals surface area contributed by atoms with Gasteiger partial charge in [0, 0.05) is 31.7 Å². The molecule has 0 saturated carbocycles. The molecule has 1 aliphatic heterocycles. The number of carbonyl (C=O) groups is 3. The maximum Gasteiger partial charge on any atom is 0.409 e. The highest BCUT2D eigenvalue weighted by Crippen LogP contribution is 2.18. The lowest BCUT2D eigenvalue weighted by atomic mass is 10.0. The van der Waals surface area contributed by atoms with Crippen LogP contribution in [-0.2, 0) is 9.53 Å². The maximum atomic E-state index is 13.2. The molecule has 0 bridgehead atoms. The summed E-state index contributed by atoms with van der Waals surface area (Å²) in [5.41, 5.74) is 1.21. The van der Waals surface area contributed by atoms with Crippen LogP contribution in [0.15, 0.2) is 60.7 Å². The molecule has 0 spiro atoms. The lowest BCUT2D eigenvalue weighted by Crippen LogP contribution is -2.53. The average Bonchev–Trinajstić information content (AvgIpc) is 2.78. The third-order valence-corrected chi connectivity index (χ3v) is 4.81. The standard InChI is InChI=1S/C22H25N3O4/c1-2-29-22(28)25-15-13-24(14-16-25)21(27)19(17-9-5-3-6-10-17)23-20(26)18-11-7-4-8-12-18/h3-12,19H,2,13-16H2,1H3,(H,23,26). The van der Waals surface area contributed by atoms with E-state index in [1.807, 2.05) is 36.4 Å². The van der Waals surface area contributed by atoms with E-state index < -0.39 is 6.04 Å². The molecule has 1 fully saturated rings. The number of hydrogen-bond acceptors (Lipinski definition) is 4. The predicted molar refractivity (Wildman–Crippen MR) is 108 cm³/mol. The molecule has 7 nitrogen and oxygen atoms in total. The molecule has 1 aliphatic rings. The summed E-state index contributed by atoms with van der Waals surface area (Å²) in [7, 11) is 0. The molecule has 0 radical (unpaired) electrons. The molecule has 1 saturated heterocycles. The van der Waals surface area contributed by atoms with E-state index in [1.165, 1.54) is 0 Å². The number of piperazine rings is 1. The molecule has 29 heavy (non-hydrogen) atoms. The van der Waals surface area contributed by atoms with Crippen LogP contribution in [0.2, 0.25) is 0 Å². The van der Waals surface area contributed by atoms with Crippen molar-refractivity contribution in [1.82, 2.24) is 15.1 Å². The summed E-state index contributed by atoms with van der Waals surface area (Å²) in [6.07, 6.45) is -0.364. The highest BCUT2D eigenvalue weighted by Gasteiger charge is 2.31. The van der Waals surface area contributed by atoms with Gasteiger partial charge in [0.25, 0.3) is 5.91 Å². The summed E-state index contributed by atoms with van der Waals surface area (Å²) in [5.74, 6) is -0.498. The third-order valence-electron chi connectivity index (χ3n) is 4.81. The third kappa shape index (κ3) is 5.13. The van der Waals surface area contributed by atoms with Crippen LogP contribution < -0.4 is 5.32 Å². The fraction of sp³-hybridized carbons (Fsp3) is 0.318. The molecule has 1 heterocycles. The van der Waals surface area contributed by atoms with Gasteiger partial charge in [0.2, 0.25) is 5.91 Å². The van der Waals surface area contributed by atoms with E-state index in [0.29, 0.717) is 38.3 Å². The van der Waals surface area contributed by atoms with Gasteiger partial charge < -0.3 is 19.9 Å². The number of rotatable bonds is 5. The number of amides is 3. The number of nitrogens with one attached hydrogen (secondary N) is 1. The Morgan fingerprint density at radius 1 is 0.897 bits per heavy atom. The van der Waals surface area contributed by atoms with Gasteiger partial charge in [-0.2, -0.15) is 0 Å². The van der Waals surface area contributed by atoms with Crippen LogP contribution in [0.4, 0.5) is 4.79 Å². The van der Waals surface area contributed by atoms with Crippen molar-refractivity contribution < 1.29 is 19.1 Å². The van der Waals surface area contributed by atoms with Crippen LogP contribution in [0.3, 0.4) is 0 Å². The Morgan fingerprint density at radius 3 is 2.03 bits per heavy atom. The van der Waals surface area contributed by atoms with E-state index in [9.17, 15) is 14.4 Å². The predicted octanol–water partition coefficient (Wildman–Crippen LogP) is 2.46. The molecule has 2 aromatic carbocycles. The molecule has 1 atom stereocenters. The summed E-state index contributed by atoms with van der Waals surface area (Å²) in [4.78, 5) is 41.1. The number of hydrogen-bond donors (Lipinski definition) is 1. The van der Waals surface area contributed by atoms with Crippen LogP contribution in [-0.4, -0.2) is 60.5 Å². The van der Waals surface area contributed by atoms with E-state index in [0.717, 1.165) is 5.56 Å². The normalized spacial score (nSPS) is 14.8. The Balaban J connectivity index is 1.72. The minimum Gasteiger partial charge on any atom is -0.450 e. The van der Waals surface area contributed by atoms with Crippen LogP contribution >= 0.6 is 0 Å². The first-order valence-corrected chi connectivity index (χ1v) is 9.71. The second-order valence-electron chi connectivity index (χ2n) is 6.69. The molecule has 1 N–H and O–H groups in total. The zero-order chi connectivity index (χ0) is 20.6. The lowest BCUT2D eigenvalue weighted by molar-refractivity contribution is -0.135. The van der Waals surface area contributed by atoms with Crippen molar-refractivity contribution in [3.05, 3.63) is 71.8 Å². The Labute approximate surface area is 170 Å². The van der Waals surface area contributed by atoms with Crippen LogP contribution in [0, 0.1) is 0 Å². The van der Waals surface area contributed by atoms with Gasteiger partial charge in [-0.05, 0) is 24.6 Å². The average molecular weight is 395 g/mol. The summed E-state index contributed by atoms with van der Waals surface area (Å²) in [5, 5.41) is 2.87. The summed E-state index contributed by atoms with van der Waals surface area (Å²) in [6, 6.07) is 17.2. The topological polar surface area (TPSA) is 79.0 Å². The fourth-order valence-corrected chi connectivity index (χ4v) is 3.24. The summed E-state index contributed by atoms with van der Waals surface area (Å²) < 4.78 is 5.02. The molecule has 7 heteroatoms. The zero-order valence-electron chi connectivity index (χ0n) is 16.4.